The van der Waals surface area contributed by atoms with E-state index in [9.17, 15) is 10.1 Å². The highest BCUT2D eigenvalue weighted by Gasteiger charge is 2.15. The van der Waals surface area contributed by atoms with E-state index in [0.29, 0.717) is 0 Å². The van der Waals surface area contributed by atoms with Gasteiger partial charge in [-0.2, -0.15) is 5.26 Å². The van der Waals surface area contributed by atoms with Crippen molar-refractivity contribution in [3.05, 3.63) is 57.9 Å². The van der Waals surface area contributed by atoms with Gasteiger partial charge in [0.05, 0.1) is 0 Å². The molecule has 1 heterocycles. The number of nitriles is 1. The van der Waals surface area contributed by atoms with E-state index in [1.54, 1.807) is 6.08 Å². The molecule has 4 nitrogen and oxygen atoms in total. The van der Waals surface area contributed by atoms with Crippen molar-refractivity contribution in [1.82, 2.24) is 9.88 Å². The van der Waals surface area contributed by atoms with E-state index >= 15 is 0 Å². The fourth-order valence-electron chi connectivity index (χ4n) is 3.00. The van der Waals surface area contributed by atoms with Gasteiger partial charge in [-0.15, -0.1) is 0 Å². The number of rotatable bonds is 4. The van der Waals surface area contributed by atoms with Crippen LogP contribution >= 0.6 is 0 Å². The predicted molar refractivity (Wildman–Crippen MR) is 102 cm³/mol. The fourth-order valence-corrected chi connectivity index (χ4v) is 3.00. The number of hydrogen-bond acceptors (Lipinski definition) is 2. The number of carbonyl (C=O) groups excluding carboxylic acids is 1. The fraction of sp³-hybridized carbons (Fsp3) is 0.333. The molecule has 1 aromatic heterocycles. The lowest BCUT2D eigenvalue weighted by Gasteiger charge is -2.13. The zero-order chi connectivity index (χ0) is 18.7. The van der Waals surface area contributed by atoms with Crippen LogP contribution in [-0.4, -0.2) is 16.5 Å². The number of nitrogens with one attached hydrogen (secondary N) is 1. The molecule has 1 amide bonds. The summed E-state index contributed by atoms with van der Waals surface area (Å²) in [4.78, 5) is 12.1. The van der Waals surface area contributed by atoms with Gasteiger partial charge in [0.15, 0.2) is 0 Å². The van der Waals surface area contributed by atoms with Gasteiger partial charge in [0, 0.05) is 23.1 Å². The summed E-state index contributed by atoms with van der Waals surface area (Å²) >= 11 is 0. The van der Waals surface area contributed by atoms with Crippen LogP contribution in [-0.2, 0) is 4.79 Å². The van der Waals surface area contributed by atoms with Gasteiger partial charge in [-0.05, 0) is 70.9 Å². The molecule has 0 bridgehead atoms. The number of benzene rings is 1. The van der Waals surface area contributed by atoms with E-state index in [1.807, 2.05) is 39.8 Å². The summed E-state index contributed by atoms with van der Waals surface area (Å²) in [5.74, 6) is -0.339. The van der Waals surface area contributed by atoms with Gasteiger partial charge in [-0.3, -0.25) is 4.79 Å². The molecular weight excluding hydrogens is 310 g/mol. The first-order chi connectivity index (χ1) is 11.7. The van der Waals surface area contributed by atoms with Crippen LogP contribution in [0.1, 0.15) is 41.9 Å². The molecular formula is C21H25N3O. The molecule has 0 spiro atoms. The first kappa shape index (κ1) is 18.5. The average molecular weight is 335 g/mol. The molecule has 2 rings (SSSR count). The first-order valence-corrected chi connectivity index (χ1v) is 8.43. The summed E-state index contributed by atoms with van der Waals surface area (Å²) in [6.45, 7) is 12.0. The minimum atomic E-state index is -0.339. The second-order valence-electron chi connectivity index (χ2n) is 6.75. The van der Waals surface area contributed by atoms with Crippen molar-refractivity contribution in [1.29, 1.82) is 5.26 Å². The van der Waals surface area contributed by atoms with E-state index < -0.39 is 0 Å². The van der Waals surface area contributed by atoms with Crippen LogP contribution < -0.4 is 5.32 Å². The molecule has 0 radical (unpaired) electrons. The number of nitrogens with zero attached hydrogens (tertiary/aromatic N) is 2. The molecule has 0 atom stereocenters. The molecule has 1 aromatic carbocycles. The van der Waals surface area contributed by atoms with Crippen LogP contribution in [0.15, 0.2) is 29.8 Å². The molecule has 0 unspecified atom stereocenters. The zero-order valence-corrected chi connectivity index (χ0v) is 15.8. The highest BCUT2D eigenvalue weighted by molar-refractivity contribution is 6.02. The van der Waals surface area contributed by atoms with Crippen LogP contribution in [0.25, 0.3) is 11.8 Å². The number of aromatic nitrogens is 1. The summed E-state index contributed by atoms with van der Waals surface area (Å²) in [5.41, 5.74) is 6.61. The van der Waals surface area contributed by atoms with Gasteiger partial charge in [0.1, 0.15) is 11.6 Å². The van der Waals surface area contributed by atoms with Crippen LogP contribution in [0.4, 0.5) is 0 Å². The topological polar surface area (TPSA) is 57.8 Å². The number of carbonyl (C=O) groups is 1. The maximum atomic E-state index is 12.1. The molecule has 4 heteroatoms. The second-order valence-corrected chi connectivity index (χ2v) is 6.75. The third kappa shape index (κ3) is 4.00. The Morgan fingerprint density at radius 1 is 1.20 bits per heavy atom. The SMILES string of the molecule is Cc1ccc(-n2c(C)cc(/C=C(/C#N)C(=O)NC(C)C)c2C)c(C)c1. The third-order valence-corrected chi connectivity index (χ3v) is 4.15. The maximum absolute atomic E-state index is 12.1. The first-order valence-electron chi connectivity index (χ1n) is 8.43. The van der Waals surface area contributed by atoms with E-state index in [1.165, 1.54) is 11.1 Å². The summed E-state index contributed by atoms with van der Waals surface area (Å²) in [6, 6.07) is 10.4. The van der Waals surface area contributed by atoms with Crippen LogP contribution in [0, 0.1) is 39.0 Å². The Kier molecular flexibility index (Phi) is 5.48. The molecule has 0 saturated heterocycles. The van der Waals surface area contributed by atoms with Gasteiger partial charge in [0.25, 0.3) is 5.91 Å². The van der Waals surface area contributed by atoms with Crippen molar-refractivity contribution >= 4 is 12.0 Å². The summed E-state index contributed by atoms with van der Waals surface area (Å²) in [7, 11) is 0. The third-order valence-electron chi connectivity index (χ3n) is 4.15. The Labute approximate surface area is 149 Å². The predicted octanol–water partition coefficient (Wildman–Crippen LogP) is 4.14. The highest BCUT2D eigenvalue weighted by atomic mass is 16.1. The molecule has 0 aliphatic heterocycles. The highest BCUT2D eigenvalue weighted by Crippen LogP contribution is 2.25. The molecule has 2 aromatic rings. The smallest absolute Gasteiger partial charge is 0.262 e. The number of amides is 1. The summed E-state index contributed by atoms with van der Waals surface area (Å²) < 4.78 is 2.16. The standard InChI is InChI=1S/C21H25N3O/c1-13(2)23-21(25)19(12-22)11-18-10-16(5)24(17(18)6)20-8-7-14(3)9-15(20)4/h7-11,13H,1-6H3,(H,23,25)/b19-11-. The Bertz CT molecular complexity index is 879. The monoisotopic (exact) mass is 335 g/mol. The lowest BCUT2D eigenvalue weighted by molar-refractivity contribution is -0.117. The average Bonchev–Trinajstić information content (AvgIpc) is 2.79. The number of aryl methyl sites for hydroxylation is 3. The number of hydrogen-bond donors (Lipinski definition) is 1. The van der Waals surface area contributed by atoms with E-state index in [2.05, 4.69) is 41.9 Å². The molecule has 0 aliphatic carbocycles. The van der Waals surface area contributed by atoms with Crippen molar-refractivity contribution in [3.63, 3.8) is 0 Å². The Hall–Kier alpha value is -2.80. The van der Waals surface area contributed by atoms with E-state index in [-0.39, 0.29) is 17.5 Å². The molecule has 1 N–H and O–H groups in total. The van der Waals surface area contributed by atoms with Crippen LogP contribution in [0.5, 0.6) is 0 Å². The van der Waals surface area contributed by atoms with Crippen molar-refractivity contribution < 1.29 is 4.79 Å². The zero-order valence-electron chi connectivity index (χ0n) is 15.8. The molecule has 0 aliphatic rings. The minimum absolute atomic E-state index is 0.00751. The quantitative estimate of drug-likeness (QED) is 0.674. The Morgan fingerprint density at radius 2 is 1.88 bits per heavy atom. The van der Waals surface area contributed by atoms with Gasteiger partial charge in [-0.1, -0.05) is 17.7 Å². The molecule has 130 valence electrons. The van der Waals surface area contributed by atoms with Crippen LogP contribution in [0.3, 0.4) is 0 Å². The maximum Gasteiger partial charge on any atom is 0.262 e. The van der Waals surface area contributed by atoms with Crippen molar-refractivity contribution in [3.8, 4) is 11.8 Å². The summed E-state index contributed by atoms with van der Waals surface area (Å²) in [5, 5.41) is 12.1. The Morgan fingerprint density at radius 3 is 2.44 bits per heavy atom. The van der Waals surface area contributed by atoms with Gasteiger partial charge in [0.2, 0.25) is 0 Å². The lowest BCUT2D eigenvalue weighted by atomic mass is 10.1. The minimum Gasteiger partial charge on any atom is -0.349 e. The normalized spacial score (nSPS) is 11.5. The van der Waals surface area contributed by atoms with Gasteiger partial charge in [-0.25, -0.2) is 0 Å². The second kappa shape index (κ2) is 7.40. The Balaban J connectivity index is 2.51. The molecule has 25 heavy (non-hydrogen) atoms. The molecule has 0 saturated carbocycles. The van der Waals surface area contributed by atoms with Crippen molar-refractivity contribution in [2.24, 2.45) is 0 Å². The lowest BCUT2D eigenvalue weighted by Crippen LogP contribution is -2.30. The van der Waals surface area contributed by atoms with Crippen molar-refractivity contribution in [2.75, 3.05) is 0 Å². The van der Waals surface area contributed by atoms with Gasteiger partial charge < -0.3 is 9.88 Å². The van der Waals surface area contributed by atoms with Crippen molar-refractivity contribution in [2.45, 2.75) is 47.6 Å². The van der Waals surface area contributed by atoms with Crippen LogP contribution in [0.2, 0.25) is 0 Å². The molecule has 0 fully saturated rings. The largest absolute Gasteiger partial charge is 0.349 e. The van der Waals surface area contributed by atoms with E-state index in [4.69, 9.17) is 0 Å². The summed E-state index contributed by atoms with van der Waals surface area (Å²) in [6.07, 6.45) is 1.67. The van der Waals surface area contributed by atoms with Gasteiger partial charge >= 0.3 is 0 Å². The van der Waals surface area contributed by atoms with E-state index in [0.717, 1.165) is 22.6 Å².